The molecule has 0 atom stereocenters. The third kappa shape index (κ3) is 4.44. The zero-order chi connectivity index (χ0) is 17.7. The summed E-state index contributed by atoms with van der Waals surface area (Å²) >= 11 is 0. The highest BCUT2D eigenvalue weighted by atomic mass is 16.4. The Kier molecular flexibility index (Phi) is 5.74. The van der Waals surface area contributed by atoms with Gasteiger partial charge in [0, 0.05) is 20.0 Å². The molecule has 4 heteroatoms. The van der Waals surface area contributed by atoms with E-state index in [-0.39, 0.29) is 11.5 Å². The molecule has 24 heavy (non-hydrogen) atoms. The van der Waals surface area contributed by atoms with Gasteiger partial charge >= 0.3 is 5.97 Å². The van der Waals surface area contributed by atoms with E-state index < -0.39 is 5.97 Å². The van der Waals surface area contributed by atoms with Crippen LogP contribution in [0.3, 0.4) is 0 Å². The van der Waals surface area contributed by atoms with Crippen molar-refractivity contribution in [3.63, 3.8) is 0 Å². The smallest absolute Gasteiger partial charge is 0.335 e. The minimum atomic E-state index is -0.957. The van der Waals surface area contributed by atoms with Gasteiger partial charge in [0.15, 0.2) is 0 Å². The highest BCUT2D eigenvalue weighted by Gasteiger charge is 2.14. The highest BCUT2D eigenvalue weighted by molar-refractivity contribution is 5.89. The van der Waals surface area contributed by atoms with Crippen LogP contribution in [-0.2, 0) is 17.8 Å². The van der Waals surface area contributed by atoms with Gasteiger partial charge in [-0.15, -0.1) is 0 Å². The van der Waals surface area contributed by atoms with Crippen molar-refractivity contribution in [1.82, 2.24) is 4.90 Å². The summed E-state index contributed by atoms with van der Waals surface area (Å²) in [6, 6.07) is 13.0. The van der Waals surface area contributed by atoms with Crippen molar-refractivity contribution >= 4 is 11.9 Å². The molecule has 0 aliphatic heterocycles. The van der Waals surface area contributed by atoms with Crippen LogP contribution >= 0.6 is 0 Å². The largest absolute Gasteiger partial charge is 0.478 e. The fraction of sp³-hybridized carbons (Fsp3) is 0.300. The van der Waals surface area contributed by atoms with Gasteiger partial charge in [0.05, 0.1) is 5.56 Å². The summed E-state index contributed by atoms with van der Waals surface area (Å²) in [4.78, 5) is 25.3. The first-order chi connectivity index (χ1) is 11.4. The molecule has 0 fully saturated rings. The number of benzene rings is 2. The predicted molar refractivity (Wildman–Crippen MR) is 94.1 cm³/mol. The van der Waals surface area contributed by atoms with Crippen molar-refractivity contribution in [2.24, 2.45) is 0 Å². The number of nitrogens with zero attached hydrogens (tertiary/aromatic N) is 1. The number of carbonyl (C=O) groups is 2. The number of carbonyl (C=O) groups excluding carboxylic acids is 1. The average molecular weight is 325 g/mol. The number of aryl methyl sites for hydroxylation is 3. The first-order valence-electron chi connectivity index (χ1n) is 7.99. The zero-order valence-electron chi connectivity index (χ0n) is 14.4. The minimum Gasteiger partial charge on any atom is -0.478 e. The maximum absolute atomic E-state index is 12.4. The monoisotopic (exact) mass is 325 g/mol. The van der Waals surface area contributed by atoms with Crippen molar-refractivity contribution in [2.45, 2.75) is 33.2 Å². The van der Waals surface area contributed by atoms with Crippen LogP contribution in [0.4, 0.5) is 0 Å². The van der Waals surface area contributed by atoms with E-state index in [9.17, 15) is 14.7 Å². The van der Waals surface area contributed by atoms with E-state index in [0.717, 1.165) is 11.1 Å². The van der Waals surface area contributed by atoms with Crippen LogP contribution in [-0.4, -0.2) is 28.9 Å². The lowest BCUT2D eigenvalue weighted by atomic mass is 10.0. The molecule has 0 spiro atoms. The van der Waals surface area contributed by atoms with Gasteiger partial charge in [-0.2, -0.15) is 0 Å². The minimum absolute atomic E-state index is 0.0103. The molecule has 1 amide bonds. The van der Waals surface area contributed by atoms with Crippen molar-refractivity contribution in [3.05, 3.63) is 70.3 Å². The molecule has 0 aromatic heterocycles. The number of hydrogen-bond acceptors (Lipinski definition) is 2. The molecule has 0 aliphatic carbocycles. The molecule has 2 rings (SSSR count). The lowest BCUT2D eigenvalue weighted by molar-refractivity contribution is -0.130. The fourth-order valence-electron chi connectivity index (χ4n) is 2.69. The fourth-order valence-corrected chi connectivity index (χ4v) is 2.69. The maximum atomic E-state index is 12.4. The summed E-state index contributed by atoms with van der Waals surface area (Å²) in [7, 11) is 1.78. The summed E-state index contributed by atoms with van der Waals surface area (Å²) in [5, 5.41) is 9.20. The Balaban J connectivity index is 2.00. The Morgan fingerprint density at radius 3 is 2.46 bits per heavy atom. The molecule has 0 radical (unpaired) electrons. The highest BCUT2D eigenvalue weighted by Crippen LogP contribution is 2.15. The second-order valence-electron chi connectivity index (χ2n) is 6.14. The van der Waals surface area contributed by atoms with Gasteiger partial charge in [0.25, 0.3) is 0 Å². The van der Waals surface area contributed by atoms with E-state index in [1.807, 2.05) is 13.8 Å². The zero-order valence-corrected chi connectivity index (χ0v) is 14.4. The number of aromatic carboxylic acids is 1. The van der Waals surface area contributed by atoms with Crippen LogP contribution in [0.15, 0.2) is 42.5 Å². The summed E-state index contributed by atoms with van der Waals surface area (Å²) in [5.41, 5.74) is 4.43. The van der Waals surface area contributed by atoms with Crippen LogP contribution in [0.25, 0.3) is 0 Å². The molecule has 0 heterocycles. The number of rotatable bonds is 6. The van der Waals surface area contributed by atoms with Crippen LogP contribution in [0.1, 0.15) is 39.0 Å². The van der Waals surface area contributed by atoms with Gasteiger partial charge in [-0.1, -0.05) is 42.0 Å². The molecular weight excluding hydrogens is 302 g/mol. The first-order valence-corrected chi connectivity index (χ1v) is 7.99. The second-order valence-corrected chi connectivity index (χ2v) is 6.14. The molecular formula is C20H23NO3. The number of hydrogen-bond donors (Lipinski definition) is 1. The quantitative estimate of drug-likeness (QED) is 0.883. The molecule has 0 saturated carbocycles. The van der Waals surface area contributed by atoms with Gasteiger partial charge in [-0.25, -0.2) is 4.79 Å². The molecule has 4 nitrogen and oxygen atoms in total. The average Bonchev–Trinajstić information content (AvgIpc) is 2.56. The SMILES string of the molecule is Cc1ccc(C)c(CN(C)C(=O)CCc2ccccc2C(=O)O)c1. The van der Waals surface area contributed by atoms with E-state index in [4.69, 9.17) is 0 Å². The summed E-state index contributed by atoms with van der Waals surface area (Å²) in [6.45, 7) is 4.64. The topological polar surface area (TPSA) is 57.6 Å². The normalized spacial score (nSPS) is 10.5. The molecule has 2 aromatic carbocycles. The van der Waals surface area contributed by atoms with Crippen molar-refractivity contribution in [2.75, 3.05) is 7.05 Å². The molecule has 1 N–H and O–H groups in total. The molecule has 126 valence electrons. The van der Waals surface area contributed by atoms with Gasteiger partial charge in [-0.05, 0) is 43.0 Å². The van der Waals surface area contributed by atoms with Crippen LogP contribution in [0.2, 0.25) is 0 Å². The van der Waals surface area contributed by atoms with E-state index in [1.54, 1.807) is 36.2 Å². The van der Waals surface area contributed by atoms with Crippen LogP contribution < -0.4 is 0 Å². The Bertz CT molecular complexity index is 752. The Morgan fingerprint density at radius 2 is 1.75 bits per heavy atom. The van der Waals surface area contributed by atoms with Crippen molar-refractivity contribution < 1.29 is 14.7 Å². The van der Waals surface area contributed by atoms with Gasteiger partial charge < -0.3 is 10.0 Å². The van der Waals surface area contributed by atoms with Gasteiger partial charge in [0.2, 0.25) is 5.91 Å². The lowest BCUT2D eigenvalue weighted by Crippen LogP contribution is -2.27. The molecule has 0 saturated heterocycles. The number of carboxylic acid groups (broad SMARTS) is 1. The summed E-state index contributed by atoms with van der Waals surface area (Å²) in [6.07, 6.45) is 0.726. The summed E-state index contributed by atoms with van der Waals surface area (Å²) in [5.74, 6) is -0.946. The van der Waals surface area contributed by atoms with Crippen LogP contribution in [0, 0.1) is 13.8 Å². The molecule has 0 unspecified atom stereocenters. The predicted octanol–water partition coefficient (Wildman–Crippen LogP) is 3.59. The standard InChI is InChI=1S/C20H23NO3/c1-14-8-9-15(2)17(12-14)13-21(3)19(22)11-10-16-6-4-5-7-18(16)20(23)24/h4-9,12H,10-11,13H2,1-3H3,(H,23,24). The number of amides is 1. The third-order valence-electron chi connectivity index (χ3n) is 4.19. The lowest BCUT2D eigenvalue weighted by Gasteiger charge is -2.19. The second kappa shape index (κ2) is 7.77. The maximum Gasteiger partial charge on any atom is 0.335 e. The van der Waals surface area contributed by atoms with Gasteiger partial charge in [0.1, 0.15) is 0 Å². The Hall–Kier alpha value is -2.62. The summed E-state index contributed by atoms with van der Waals surface area (Å²) < 4.78 is 0. The third-order valence-corrected chi connectivity index (χ3v) is 4.19. The van der Waals surface area contributed by atoms with E-state index >= 15 is 0 Å². The Morgan fingerprint density at radius 1 is 1.04 bits per heavy atom. The molecule has 2 aromatic rings. The van der Waals surface area contributed by atoms with E-state index in [0.29, 0.717) is 24.9 Å². The van der Waals surface area contributed by atoms with Gasteiger partial charge in [-0.3, -0.25) is 4.79 Å². The van der Waals surface area contributed by atoms with E-state index in [2.05, 4.69) is 18.2 Å². The molecule has 0 bridgehead atoms. The Labute approximate surface area is 142 Å². The van der Waals surface area contributed by atoms with E-state index in [1.165, 1.54) is 5.56 Å². The number of carboxylic acids is 1. The first kappa shape index (κ1) is 17.7. The van der Waals surface area contributed by atoms with Crippen LogP contribution in [0.5, 0.6) is 0 Å². The van der Waals surface area contributed by atoms with Crippen molar-refractivity contribution in [3.8, 4) is 0 Å². The molecule has 0 aliphatic rings. The van der Waals surface area contributed by atoms with Crippen molar-refractivity contribution in [1.29, 1.82) is 0 Å².